The lowest BCUT2D eigenvalue weighted by molar-refractivity contribution is 0.161. The number of nitrogens with zero attached hydrogens (tertiary/aromatic N) is 4. The van der Waals surface area contributed by atoms with Gasteiger partial charge in [0.05, 0.1) is 10.5 Å². The molecule has 3 heterocycles. The van der Waals surface area contributed by atoms with Crippen LogP contribution in [0.2, 0.25) is 5.02 Å². The maximum absolute atomic E-state index is 6.59. The molecule has 0 amide bonds. The van der Waals surface area contributed by atoms with E-state index in [0.29, 0.717) is 17.1 Å². The van der Waals surface area contributed by atoms with E-state index in [1.165, 1.54) is 17.5 Å². The van der Waals surface area contributed by atoms with Crippen LogP contribution >= 0.6 is 34.9 Å². The van der Waals surface area contributed by atoms with E-state index in [9.17, 15) is 0 Å². The van der Waals surface area contributed by atoms with Crippen molar-refractivity contribution in [1.82, 2.24) is 14.9 Å². The molecule has 1 N–H and O–H groups in total. The second-order valence-electron chi connectivity index (χ2n) is 7.52. The molecule has 0 spiro atoms. The molecule has 1 aliphatic rings. The van der Waals surface area contributed by atoms with Gasteiger partial charge in [-0.3, -0.25) is 4.90 Å². The second kappa shape index (κ2) is 10.0. The number of aromatic nitrogens is 2. The van der Waals surface area contributed by atoms with Crippen molar-refractivity contribution in [2.75, 3.05) is 29.8 Å². The first-order valence-corrected chi connectivity index (χ1v) is 12.2. The molecule has 2 aromatic heterocycles. The normalized spacial score (nSPS) is 16.4. The van der Waals surface area contributed by atoms with Crippen LogP contribution < -0.4 is 9.62 Å². The van der Waals surface area contributed by atoms with Gasteiger partial charge in [-0.15, -0.1) is 11.3 Å². The number of likely N-dealkylation sites (tertiary alicyclic amines) is 1. The molecule has 5 nitrogen and oxygen atoms in total. The lowest BCUT2D eigenvalue weighted by Gasteiger charge is -2.40. The molecule has 3 aromatic rings. The van der Waals surface area contributed by atoms with E-state index >= 15 is 0 Å². The molecule has 158 valence electrons. The first kappa shape index (κ1) is 21.4. The predicted molar refractivity (Wildman–Crippen MR) is 129 cm³/mol. The number of benzene rings is 1. The minimum absolute atomic E-state index is 0.445. The Kier molecular flexibility index (Phi) is 7.15. The Balaban J connectivity index is 1.34. The molecule has 1 atom stereocenters. The van der Waals surface area contributed by atoms with Gasteiger partial charge in [0.1, 0.15) is 11.6 Å². The van der Waals surface area contributed by atoms with Gasteiger partial charge in [-0.25, -0.2) is 9.97 Å². The van der Waals surface area contributed by atoms with E-state index in [1.54, 1.807) is 16.8 Å². The van der Waals surface area contributed by atoms with Gasteiger partial charge in [-0.2, -0.15) is 0 Å². The monoisotopic (exact) mass is 459 g/mol. The molecule has 4 rings (SSSR count). The van der Waals surface area contributed by atoms with Crippen LogP contribution in [0.4, 0.5) is 11.6 Å². The number of halogens is 1. The van der Waals surface area contributed by atoms with Crippen LogP contribution in [0.5, 0.6) is 0 Å². The van der Waals surface area contributed by atoms with Crippen molar-refractivity contribution in [1.29, 1.82) is 0 Å². The molecule has 1 aliphatic heterocycles. The Labute approximate surface area is 191 Å². The molecular formula is C22H26ClN5S2. The zero-order valence-electron chi connectivity index (χ0n) is 17.2. The summed E-state index contributed by atoms with van der Waals surface area (Å²) in [5, 5.41) is 2.65. The molecule has 0 radical (unpaired) electrons. The van der Waals surface area contributed by atoms with E-state index in [4.69, 9.17) is 11.6 Å². The average molecular weight is 460 g/mol. The minimum Gasteiger partial charge on any atom is -0.355 e. The summed E-state index contributed by atoms with van der Waals surface area (Å²) in [7, 11) is 2.11. The fraction of sp³-hybridized carbons (Fsp3) is 0.364. The van der Waals surface area contributed by atoms with Crippen LogP contribution in [0.1, 0.15) is 31.4 Å². The van der Waals surface area contributed by atoms with Crippen molar-refractivity contribution in [2.45, 2.75) is 36.7 Å². The maximum atomic E-state index is 6.59. The van der Waals surface area contributed by atoms with Gasteiger partial charge in [0, 0.05) is 48.7 Å². The molecule has 0 aliphatic carbocycles. The molecule has 1 saturated heterocycles. The lowest BCUT2D eigenvalue weighted by Crippen LogP contribution is -2.44. The zero-order valence-corrected chi connectivity index (χ0v) is 19.6. The van der Waals surface area contributed by atoms with Crippen molar-refractivity contribution in [3.05, 3.63) is 64.1 Å². The fourth-order valence-corrected chi connectivity index (χ4v) is 5.42. The smallest absolute Gasteiger partial charge is 0.147 e. The van der Waals surface area contributed by atoms with Crippen LogP contribution in [0.3, 0.4) is 0 Å². The first-order chi connectivity index (χ1) is 14.6. The summed E-state index contributed by atoms with van der Waals surface area (Å²) in [6.45, 7) is 4.45. The fourth-order valence-electron chi connectivity index (χ4n) is 3.88. The van der Waals surface area contributed by atoms with Crippen LogP contribution in [0, 0.1) is 0 Å². The van der Waals surface area contributed by atoms with Crippen LogP contribution in [0.25, 0.3) is 0 Å². The summed E-state index contributed by atoms with van der Waals surface area (Å²) >= 11 is 9.63. The van der Waals surface area contributed by atoms with E-state index in [-0.39, 0.29) is 0 Å². The Bertz CT molecular complexity index is 930. The number of thiazole rings is 1. The quantitative estimate of drug-likeness (QED) is 0.439. The first-order valence-electron chi connectivity index (χ1n) is 10.1. The number of hydrogen-bond donors (Lipinski definition) is 1. The predicted octanol–water partition coefficient (Wildman–Crippen LogP) is 5.97. The molecule has 0 bridgehead atoms. The van der Waals surface area contributed by atoms with Crippen LogP contribution in [-0.2, 0) is 0 Å². The summed E-state index contributed by atoms with van der Waals surface area (Å²) in [5.41, 5.74) is 3.19. The van der Waals surface area contributed by atoms with Gasteiger partial charge in [0.15, 0.2) is 0 Å². The van der Waals surface area contributed by atoms with Gasteiger partial charge in [-0.05, 0) is 43.3 Å². The number of piperidine rings is 1. The Morgan fingerprint density at radius 2 is 2.00 bits per heavy atom. The van der Waals surface area contributed by atoms with Crippen molar-refractivity contribution in [3.8, 4) is 0 Å². The average Bonchev–Trinajstić information content (AvgIpc) is 3.31. The van der Waals surface area contributed by atoms with Gasteiger partial charge in [0.2, 0.25) is 0 Å². The van der Waals surface area contributed by atoms with E-state index < -0.39 is 0 Å². The van der Waals surface area contributed by atoms with E-state index in [2.05, 4.69) is 68.8 Å². The summed E-state index contributed by atoms with van der Waals surface area (Å²) < 4.78 is 3.21. The zero-order chi connectivity index (χ0) is 20.9. The van der Waals surface area contributed by atoms with Gasteiger partial charge in [0.25, 0.3) is 0 Å². The number of hydrogen-bond acceptors (Lipinski definition) is 7. The Morgan fingerprint density at radius 3 is 2.67 bits per heavy atom. The Hall–Kier alpha value is -1.80. The summed E-state index contributed by atoms with van der Waals surface area (Å²) in [4.78, 5) is 14.7. The summed E-state index contributed by atoms with van der Waals surface area (Å²) in [6, 6.07) is 13.6. The van der Waals surface area contributed by atoms with Gasteiger partial charge >= 0.3 is 0 Å². The van der Waals surface area contributed by atoms with Crippen molar-refractivity contribution in [3.63, 3.8) is 0 Å². The molecule has 1 fully saturated rings. The highest BCUT2D eigenvalue weighted by Gasteiger charge is 2.27. The largest absolute Gasteiger partial charge is 0.355 e. The van der Waals surface area contributed by atoms with Gasteiger partial charge in [-0.1, -0.05) is 41.9 Å². The van der Waals surface area contributed by atoms with E-state index in [0.717, 1.165) is 42.5 Å². The third kappa shape index (κ3) is 5.09. The third-order valence-electron chi connectivity index (χ3n) is 5.71. The summed E-state index contributed by atoms with van der Waals surface area (Å²) in [5.74, 6) is 1.70. The van der Waals surface area contributed by atoms with Crippen LogP contribution in [-0.4, -0.2) is 41.0 Å². The summed E-state index contributed by atoms with van der Waals surface area (Å²) in [6.07, 6.45) is 4.08. The van der Waals surface area contributed by atoms with Crippen molar-refractivity contribution in [2.24, 2.45) is 0 Å². The van der Waals surface area contributed by atoms with Crippen molar-refractivity contribution >= 4 is 46.5 Å². The van der Waals surface area contributed by atoms with Gasteiger partial charge < -0.3 is 9.62 Å². The molecule has 1 unspecified atom stereocenters. The molecule has 0 saturated carbocycles. The number of anilines is 2. The number of nitrogens with one attached hydrogen (secondary N) is 1. The molecule has 8 heteroatoms. The van der Waals surface area contributed by atoms with E-state index in [1.807, 2.05) is 17.6 Å². The third-order valence-corrected chi connectivity index (χ3v) is 7.35. The highest BCUT2D eigenvalue weighted by molar-refractivity contribution is 8.00. The number of rotatable bonds is 7. The topological polar surface area (TPSA) is 44.3 Å². The highest BCUT2D eigenvalue weighted by atomic mass is 35.5. The van der Waals surface area contributed by atoms with Crippen molar-refractivity contribution < 1.29 is 0 Å². The minimum atomic E-state index is 0.445. The lowest BCUT2D eigenvalue weighted by atomic mass is 9.99. The maximum Gasteiger partial charge on any atom is 0.147 e. The highest BCUT2D eigenvalue weighted by Crippen LogP contribution is 2.32. The number of pyridine rings is 1. The molecule has 1 aromatic carbocycles. The SMILES string of the molecule is CC(c1ccccc1)N1CCC(N(C)c2ncc(SNc3cscn3)cc2Cl)CC1. The molecular weight excluding hydrogens is 434 g/mol. The molecule has 30 heavy (non-hydrogen) atoms. The van der Waals surface area contributed by atoms with Crippen LogP contribution in [0.15, 0.2) is 58.4 Å². The standard InChI is InChI=1S/C22H26ClN5S2/c1-16(17-6-4-3-5-7-17)28-10-8-18(9-11-28)27(2)22-20(23)12-19(13-24-22)30-26-21-14-29-15-25-21/h3-7,12-16,18,26H,8-11H2,1-2H3. The Morgan fingerprint density at radius 1 is 1.23 bits per heavy atom. The second-order valence-corrected chi connectivity index (χ2v) is 9.52.